The summed E-state index contributed by atoms with van der Waals surface area (Å²) >= 11 is 0. The van der Waals surface area contributed by atoms with E-state index in [-0.39, 0.29) is 18.6 Å². The number of benzene rings is 1. The van der Waals surface area contributed by atoms with Gasteiger partial charge in [0.05, 0.1) is 23.8 Å². The van der Waals surface area contributed by atoms with Gasteiger partial charge in [0.15, 0.2) is 0 Å². The zero-order chi connectivity index (χ0) is 16.1. The van der Waals surface area contributed by atoms with Crippen LogP contribution >= 0.6 is 0 Å². The van der Waals surface area contributed by atoms with Crippen molar-refractivity contribution in [3.8, 4) is 0 Å². The molecule has 2 unspecified atom stereocenters. The number of ether oxygens (including phenoxy) is 2. The van der Waals surface area contributed by atoms with E-state index in [2.05, 4.69) is 10.0 Å². The topological polar surface area (TPSA) is 105 Å². The molecule has 1 heterocycles. The molecule has 7 heteroatoms. The number of nitrogens with zero attached hydrogens (tertiary/aromatic N) is 3. The Morgan fingerprint density at radius 3 is 2.73 bits per heavy atom. The summed E-state index contributed by atoms with van der Waals surface area (Å²) in [7, 11) is 0. The smallest absolute Gasteiger partial charge is 0.338 e. The molecule has 5 atom stereocenters. The van der Waals surface area contributed by atoms with E-state index in [1.807, 2.05) is 6.07 Å². The number of hydrogen-bond acceptors (Lipinski definition) is 5. The van der Waals surface area contributed by atoms with Gasteiger partial charge in [-0.2, -0.15) is 0 Å². The molecule has 1 aliphatic heterocycles. The third kappa shape index (κ3) is 3.57. The molecule has 118 valence electrons. The van der Waals surface area contributed by atoms with Gasteiger partial charge in [-0.1, -0.05) is 30.2 Å². The second kappa shape index (κ2) is 7.26. The predicted molar refractivity (Wildman–Crippen MR) is 79.2 cm³/mol. The van der Waals surface area contributed by atoms with Gasteiger partial charge < -0.3 is 14.6 Å². The van der Waals surface area contributed by atoms with E-state index in [1.165, 1.54) is 0 Å². The zero-order valence-corrected chi connectivity index (χ0v) is 12.5. The van der Waals surface area contributed by atoms with Gasteiger partial charge >= 0.3 is 5.97 Å². The van der Waals surface area contributed by atoms with E-state index in [0.29, 0.717) is 5.56 Å². The number of aliphatic hydroxyl groups excluding tert-OH is 1. The molecule has 0 aliphatic carbocycles. The lowest BCUT2D eigenvalue weighted by Crippen LogP contribution is -2.53. The molecule has 1 fully saturated rings. The molecular formula is C15H19N3O4. The van der Waals surface area contributed by atoms with Crippen LogP contribution in [0.2, 0.25) is 0 Å². The summed E-state index contributed by atoms with van der Waals surface area (Å²) in [5.41, 5.74) is 9.01. The molecule has 0 amide bonds. The van der Waals surface area contributed by atoms with E-state index in [1.54, 1.807) is 38.1 Å². The SMILES string of the molecule is CC1[C@H](O)C(COC(=O)c2ccccc2)O[C@H](C)[C@H]1N=[N+]=[N-]. The highest BCUT2D eigenvalue weighted by Crippen LogP contribution is 2.28. The van der Waals surface area contributed by atoms with Crippen LogP contribution < -0.4 is 0 Å². The quantitative estimate of drug-likeness (QED) is 0.399. The molecule has 0 aromatic heterocycles. The summed E-state index contributed by atoms with van der Waals surface area (Å²) < 4.78 is 10.8. The summed E-state index contributed by atoms with van der Waals surface area (Å²) in [5, 5.41) is 13.9. The van der Waals surface area contributed by atoms with Crippen LogP contribution in [0.4, 0.5) is 0 Å². The Morgan fingerprint density at radius 1 is 1.41 bits per heavy atom. The first-order valence-corrected chi connectivity index (χ1v) is 7.14. The van der Waals surface area contributed by atoms with Crippen LogP contribution in [0.3, 0.4) is 0 Å². The van der Waals surface area contributed by atoms with Crippen LogP contribution in [0.1, 0.15) is 24.2 Å². The fourth-order valence-electron chi connectivity index (χ4n) is 2.62. The van der Waals surface area contributed by atoms with Crippen LogP contribution in [0.15, 0.2) is 35.4 Å². The highest BCUT2D eigenvalue weighted by atomic mass is 16.6. The Bertz CT molecular complexity index is 559. The fourth-order valence-corrected chi connectivity index (χ4v) is 2.62. The molecule has 2 rings (SSSR count). The van der Waals surface area contributed by atoms with Crippen molar-refractivity contribution in [3.63, 3.8) is 0 Å². The lowest BCUT2D eigenvalue weighted by Gasteiger charge is -2.40. The third-order valence-corrected chi connectivity index (χ3v) is 3.90. The van der Waals surface area contributed by atoms with Crippen LogP contribution in [-0.4, -0.2) is 42.0 Å². The maximum atomic E-state index is 11.9. The van der Waals surface area contributed by atoms with Gasteiger partial charge in [-0.15, -0.1) is 0 Å². The second-order valence-electron chi connectivity index (χ2n) is 5.39. The molecule has 1 N–H and O–H groups in total. The van der Waals surface area contributed by atoms with E-state index in [4.69, 9.17) is 15.0 Å². The van der Waals surface area contributed by atoms with Crippen molar-refractivity contribution in [2.45, 2.75) is 38.2 Å². The fraction of sp³-hybridized carbons (Fsp3) is 0.533. The Hall–Kier alpha value is -2.08. The summed E-state index contributed by atoms with van der Waals surface area (Å²) in [6.45, 7) is 3.51. The Balaban J connectivity index is 1.96. The van der Waals surface area contributed by atoms with Crippen molar-refractivity contribution in [1.82, 2.24) is 0 Å². The van der Waals surface area contributed by atoms with Gasteiger partial charge in [0.1, 0.15) is 12.7 Å². The van der Waals surface area contributed by atoms with E-state index >= 15 is 0 Å². The van der Waals surface area contributed by atoms with Gasteiger partial charge in [-0.3, -0.25) is 0 Å². The van der Waals surface area contributed by atoms with Crippen LogP contribution in [0.25, 0.3) is 10.4 Å². The van der Waals surface area contributed by atoms with Crippen molar-refractivity contribution in [1.29, 1.82) is 0 Å². The van der Waals surface area contributed by atoms with Crippen molar-refractivity contribution in [3.05, 3.63) is 46.3 Å². The van der Waals surface area contributed by atoms with Gasteiger partial charge in [-0.25, -0.2) is 4.79 Å². The number of carbonyl (C=O) groups excluding carboxylic acids is 1. The molecule has 0 bridgehead atoms. The van der Waals surface area contributed by atoms with Crippen molar-refractivity contribution in [2.24, 2.45) is 11.0 Å². The van der Waals surface area contributed by atoms with E-state index in [0.717, 1.165) is 0 Å². The Morgan fingerprint density at radius 2 is 2.09 bits per heavy atom. The molecule has 0 spiro atoms. The van der Waals surface area contributed by atoms with Gasteiger partial charge in [0.25, 0.3) is 0 Å². The first-order chi connectivity index (χ1) is 10.5. The van der Waals surface area contributed by atoms with Gasteiger partial charge in [0.2, 0.25) is 0 Å². The predicted octanol–water partition coefficient (Wildman–Crippen LogP) is 2.31. The molecule has 22 heavy (non-hydrogen) atoms. The molecule has 1 saturated heterocycles. The molecule has 0 saturated carbocycles. The standard InChI is InChI=1S/C15H19N3O4/c1-9-13(17-18-16)10(2)22-12(14(9)19)8-21-15(20)11-6-4-3-5-7-11/h3-7,9-10,12-14,19H,8H2,1-2H3/t9?,10-,12?,13+,14+/m1/s1. The van der Waals surface area contributed by atoms with E-state index < -0.39 is 24.2 Å². The number of esters is 1. The summed E-state index contributed by atoms with van der Waals surface area (Å²) in [6.07, 6.45) is -1.85. The van der Waals surface area contributed by atoms with Crippen LogP contribution in [0.5, 0.6) is 0 Å². The monoisotopic (exact) mass is 305 g/mol. The maximum absolute atomic E-state index is 11.9. The average Bonchev–Trinajstić information content (AvgIpc) is 2.54. The normalized spacial score (nSPS) is 31.1. The van der Waals surface area contributed by atoms with Crippen LogP contribution in [0, 0.1) is 5.92 Å². The van der Waals surface area contributed by atoms with Gasteiger partial charge in [0, 0.05) is 4.91 Å². The number of azide groups is 1. The second-order valence-corrected chi connectivity index (χ2v) is 5.39. The first-order valence-electron chi connectivity index (χ1n) is 7.14. The van der Waals surface area contributed by atoms with Gasteiger partial charge in [-0.05, 0) is 30.5 Å². The maximum Gasteiger partial charge on any atom is 0.338 e. The highest BCUT2D eigenvalue weighted by Gasteiger charge is 2.41. The zero-order valence-electron chi connectivity index (χ0n) is 12.5. The minimum atomic E-state index is -0.865. The number of aliphatic hydroxyl groups is 1. The van der Waals surface area contributed by atoms with E-state index in [9.17, 15) is 9.90 Å². The summed E-state index contributed by atoms with van der Waals surface area (Å²) in [6, 6.07) is 8.17. The molecule has 0 radical (unpaired) electrons. The summed E-state index contributed by atoms with van der Waals surface area (Å²) in [5.74, 6) is -0.742. The molecule has 7 nitrogen and oxygen atoms in total. The minimum Gasteiger partial charge on any atom is -0.459 e. The average molecular weight is 305 g/mol. The van der Waals surface area contributed by atoms with Crippen molar-refractivity contribution < 1.29 is 19.4 Å². The molecular weight excluding hydrogens is 286 g/mol. The molecule has 1 aromatic carbocycles. The summed E-state index contributed by atoms with van der Waals surface area (Å²) in [4.78, 5) is 14.7. The lowest BCUT2D eigenvalue weighted by atomic mass is 9.87. The largest absolute Gasteiger partial charge is 0.459 e. The number of hydrogen-bond donors (Lipinski definition) is 1. The highest BCUT2D eigenvalue weighted by molar-refractivity contribution is 5.89. The number of rotatable bonds is 4. The minimum absolute atomic E-state index is 0.0490. The molecule has 1 aromatic rings. The number of carbonyl (C=O) groups is 1. The Kier molecular flexibility index (Phi) is 5.38. The Labute approximate surface area is 128 Å². The van der Waals surface area contributed by atoms with Crippen molar-refractivity contribution >= 4 is 5.97 Å². The van der Waals surface area contributed by atoms with Crippen LogP contribution in [-0.2, 0) is 9.47 Å². The first kappa shape index (κ1) is 16.3. The van der Waals surface area contributed by atoms with Crippen molar-refractivity contribution in [2.75, 3.05) is 6.61 Å². The third-order valence-electron chi connectivity index (χ3n) is 3.90. The molecule has 1 aliphatic rings. The lowest BCUT2D eigenvalue weighted by molar-refractivity contribution is -0.159.